The van der Waals surface area contributed by atoms with Crippen molar-refractivity contribution < 1.29 is 4.79 Å². The lowest BCUT2D eigenvalue weighted by atomic mass is 10.0. The molecule has 1 saturated heterocycles. The van der Waals surface area contributed by atoms with Crippen LogP contribution in [0.3, 0.4) is 0 Å². The number of likely N-dealkylation sites (tertiary alicyclic amines) is 1. The third kappa shape index (κ3) is 2.52. The van der Waals surface area contributed by atoms with E-state index in [4.69, 9.17) is 5.73 Å². The molecule has 1 aliphatic rings. The zero-order chi connectivity index (χ0) is 13.9. The number of amides is 1. The number of piperidine rings is 1. The molecule has 0 atom stereocenters. The van der Waals surface area contributed by atoms with Gasteiger partial charge in [-0.05, 0) is 43.2 Å². The van der Waals surface area contributed by atoms with Gasteiger partial charge in [-0.3, -0.25) is 9.48 Å². The maximum absolute atomic E-state index is 12.4. The van der Waals surface area contributed by atoms with Crippen LogP contribution in [-0.4, -0.2) is 33.7 Å². The Morgan fingerprint density at radius 2 is 1.90 bits per heavy atom. The van der Waals surface area contributed by atoms with Crippen molar-refractivity contribution in [3.8, 4) is 0 Å². The summed E-state index contributed by atoms with van der Waals surface area (Å²) in [6.07, 6.45) is 5.68. The Kier molecular flexibility index (Phi) is 3.41. The van der Waals surface area contributed by atoms with Crippen molar-refractivity contribution in [2.24, 2.45) is 0 Å². The zero-order valence-electron chi connectivity index (χ0n) is 11.3. The van der Waals surface area contributed by atoms with Gasteiger partial charge in [0.05, 0.1) is 6.04 Å². The molecule has 2 aromatic rings. The number of carbonyl (C=O) groups is 1. The fourth-order valence-electron chi connectivity index (χ4n) is 2.64. The van der Waals surface area contributed by atoms with Crippen LogP contribution in [-0.2, 0) is 0 Å². The van der Waals surface area contributed by atoms with E-state index in [2.05, 4.69) is 5.10 Å². The van der Waals surface area contributed by atoms with Gasteiger partial charge in [-0.15, -0.1) is 0 Å². The molecule has 0 spiro atoms. The van der Waals surface area contributed by atoms with Crippen molar-refractivity contribution >= 4 is 11.6 Å². The third-order valence-electron chi connectivity index (χ3n) is 3.81. The van der Waals surface area contributed by atoms with Gasteiger partial charge in [0.1, 0.15) is 0 Å². The van der Waals surface area contributed by atoms with Crippen LogP contribution in [0.15, 0.2) is 42.7 Å². The lowest BCUT2D eigenvalue weighted by molar-refractivity contribution is 0.0690. The largest absolute Gasteiger partial charge is 0.399 e. The van der Waals surface area contributed by atoms with Crippen LogP contribution >= 0.6 is 0 Å². The van der Waals surface area contributed by atoms with Crippen LogP contribution in [0.5, 0.6) is 0 Å². The number of nitrogens with zero attached hydrogens (tertiary/aromatic N) is 3. The number of carbonyl (C=O) groups excluding carboxylic acids is 1. The Hall–Kier alpha value is -2.30. The predicted octanol–water partition coefficient (Wildman–Crippen LogP) is 1.94. The lowest BCUT2D eigenvalue weighted by Crippen LogP contribution is -2.39. The Balaban J connectivity index is 1.63. The van der Waals surface area contributed by atoms with Gasteiger partial charge in [-0.1, -0.05) is 0 Å². The van der Waals surface area contributed by atoms with Gasteiger partial charge in [0.15, 0.2) is 0 Å². The van der Waals surface area contributed by atoms with Crippen LogP contribution in [0.4, 0.5) is 5.69 Å². The van der Waals surface area contributed by atoms with Crippen molar-refractivity contribution in [3.05, 3.63) is 48.3 Å². The van der Waals surface area contributed by atoms with Crippen LogP contribution < -0.4 is 5.73 Å². The van der Waals surface area contributed by atoms with E-state index >= 15 is 0 Å². The molecule has 0 bridgehead atoms. The second kappa shape index (κ2) is 5.36. The van der Waals surface area contributed by atoms with E-state index < -0.39 is 0 Å². The zero-order valence-corrected chi connectivity index (χ0v) is 11.3. The highest BCUT2D eigenvalue weighted by atomic mass is 16.2. The highest BCUT2D eigenvalue weighted by molar-refractivity contribution is 5.94. The number of benzene rings is 1. The van der Waals surface area contributed by atoms with E-state index in [0.717, 1.165) is 25.9 Å². The predicted molar refractivity (Wildman–Crippen MR) is 77.3 cm³/mol. The molecular formula is C15H18N4O. The highest BCUT2D eigenvalue weighted by Gasteiger charge is 2.24. The molecule has 0 saturated carbocycles. The fraction of sp³-hybridized carbons (Fsp3) is 0.333. The number of nitrogen functional groups attached to an aromatic ring is 1. The van der Waals surface area contributed by atoms with Gasteiger partial charge in [-0.25, -0.2) is 0 Å². The van der Waals surface area contributed by atoms with Crippen LogP contribution in [0.1, 0.15) is 29.2 Å². The lowest BCUT2D eigenvalue weighted by Gasteiger charge is -2.32. The number of anilines is 1. The molecule has 2 N–H and O–H groups in total. The average molecular weight is 270 g/mol. The first kappa shape index (κ1) is 12.7. The molecule has 1 fully saturated rings. The molecule has 20 heavy (non-hydrogen) atoms. The molecule has 1 aromatic carbocycles. The standard InChI is InChI=1S/C15H18N4O/c16-13-4-2-12(3-5-13)15(20)18-10-6-14(7-11-18)19-9-1-8-17-19/h1-5,8-9,14H,6-7,10-11,16H2. The summed E-state index contributed by atoms with van der Waals surface area (Å²) in [5.74, 6) is 0.0870. The molecule has 5 heteroatoms. The Labute approximate surface area is 118 Å². The molecule has 3 rings (SSSR count). The number of hydrogen-bond acceptors (Lipinski definition) is 3. The van der Waals surface area contributed by atoms with E-state index in [0.29, 0.717) is 17.3 Å². The van der Waals surface area contributed by atoms with Crippen molar-refractivity contribution in [1.82, 2.24) is 14.7 Å². The number of nitrogens with two attached hydrogens (primary N) is 1. The summed E-state index contributed by atoms with van der Waals surface area (Å²) in [7, 11) is 0. The molecular weight excluding hydrogens is 252 g/mol. The minimum Gasteiger partial charge on any atom is -0.399 e. The molecule has 0 unspecified atom stereocenters. The number of rotatable bonds is 2. The van der Waals surface area contributed by atoms with Gasteiger partial charge < -0.3 is 10.6 Å². The quantitative estimate of drug-likeness (QED) is 0.848. The Morgan fingerprint density at radius 1 is 1.20 bits per heavy atom. The summed E-state index contributed by atoms with van der Waals surface area (Å²) in [6, 6.07) is 9.45. The van der Waals surface area contributed by atoms with Crippen molar-refractivity contribution in [2.75, 3.05) is 18.8 Å². The van der Waals surface area contributed by atoms with Crippen LogP contribution in [0, 0.1) is 0 Å². The third-order valence-corrected chi connectivity index (χ3v) is 3.81. The molecule has 0 aliphatic carbocycles. The second-order valence-corrected chi connectivity index (χ2v) is 5.13. The fourth-order valence-corrected chi connectivity index (χ4v) is 2.64. The summed E-state index contributed by atoms with van der Waals surface area (Å²) < 4.78 is 1.99. The molecule has 1 aromatic heterocycles. The molecule has 5 nitrogen and oxygen atoms in total. The van der Waals surface area contributed by atoms with Crippen molar-refractivity contribution in [2.45, 2.75) is 18.9 Å². The Bertz CT molecular complexity index is 568. The molecule has 0 radical (unpaired) electrons. The summed E-state index contributed by atoms with van der Waals surface area (Å²) >= 11 is 0. The molecule has 104 valence electrons. The first-order valence-electron chi connectivity index (χ1n) is 6.88. The van der Waals surface area contributed by atoms with Gasteiger partial charge in [0.2, 0.25) is 0 Å². The minimum atomic E-state index is 0.0870. The summed E-state index contributed by atoms with van der Waals surface area (Å²) in [5, 5.41) is 4.28. The van der Waals surface area contributed by atoms with E-state index in [1.165, 1.54) is 0 Å². The van der Waals surface area contributed by atoms with E-state index in [-0.39, 0.29) is 5.91 Å². The van der Waals surface area contributed by atoms with Crippen molar-refractivity contribution in [1.29, 1.82) is 0 Å². The number of aromatic nitrogens is 2. The van der Waals surface area contributed by atoms with Gasteiger partial charge in [0.25, 0.3) is 5.91 Å². The minimum absolute atomic E-state index is 0.0870. The topological polar surface area (TPSA) is 64.2 Å². The Morgan fingerprint density at radius 3 is 2.50 bits per heavy atom. The molecule has 2 heterocycles. The SMILES string of the molecule is Nc1ccc(C(=O)N2CCC(n3cccn3)CC2)cc1. The highest BCUT2D eigenvalue weighted by Crippen LogP contribution is 2.22. The maximum atomic E-state index is 12.4. The second-order valence-electron chi connectivity index (χ2n) is 5.13. The van der Waals surface area contributed by atoms with Gasteiger partial charge in [0, 0.05) is 36.7 Å². The van der Waals surface area contributed by atoms with Gasteiger partial charge >= 0.3 is 0 Å². The molecule has 1 aliphatic heterocycles. The van der Waals surface area contributed by atoms with Crippen molar-refractivity contribution in [3.63, 3.8) is 0 Å². The first-order chi connectivity index (χ1) is 9.74. The summed E-state index contributed by atoms with van der Waals surface area (Å²) in [4.78, 5) is 14.3. The smallest absolute Gasteiger partial charge is 0.253 e. The van der Waals surface area contributed by atoms with Gasteiger partial charge in [-0.2, -0.15) is 5.10 Å². The average Bonchev–Trinajstić information content (AvgIpc) is 3.02. The number of hydrogen-bond donors (Lipinski definition) is 1. The summed E-state index contributed by atoms with van der Waals surface area (Å²) in [6.45, 7) is 1.54. The van der Waals surface area contributed by atoms with E-state index in [9.17, 15) is 4.79 Å². The normalized spacial score (nSPS) is 16.3. The monoisotopic (exact) mass is 270 g/mol. The summed E-state index contributed by atoms with van der Waals surface area (Å²) in [5.41, 5.74) is 7.03. The van der Waals surface area contributed by atoms with Crippen LogP contribution in [0.2, 0.25) is 0 Å². The van der Waals surface area contributed by atoms with Crippen LogP contribution in [0.25, 0.3) is 0 Å². The van der Waals surface area contributed by atoms with E-state index in [1.807, 2.05) is 21.8 Å². The van der Waals surface area contributed by atoms with E-state index in [1.54, 1.807) is 30.5 Å². The maximum Gasteiger partial charge on any atom is 0.253 e. The first-order valence-corrected chi connectivity index (χ1v) is 6.88. The molecule has 1 amide bonds.